The van der Waals surface area contributed by atoms with Crippen LogP contribution in [-0.2, 0) is 0 Å². The molecule has 1 aliphatic heterocycles. The van der Waals surface area contributed by atoms with Crippen LogP contribution in [0.15, 0.2) is 47.5 Å². The molecule has 2 fully saturated rings. The SMILES string of the molecule is [2H]C1([2H])C([2H])([2H])C([2H])([2H])C([2H])(c2ccc(-c3cc(=O)n4[nH]c(-c5nccnc5C)c(C(=O)N5C[C@H](CF)[C@@H]5C)c4n3)cc2)C([2H])([2H])C1([2H])[2H]. The summed E-state index contributed by atoms with van der Waals surface area (Å²) in [6.45, 7) is 2.91. The number of aromatic amines is 1. The van der Waals surface area contributed by atoms with E-state index in [0.717, 1.165) is 22.7 Å². The van der Waals surface area contributed by atoms with E-state index in [1.54, 1.807) is 13.8 Å². The number of carbonyl (C=O) groups is 1. The molecule has 4 aromatic rings. The summed E-state index contributed by atoms with van der Waals surface area (Å²) in [5.74, 6) is -4.17. The first-order chi connectivity index (χ1) is 22.6. The predicted octanol–water partition coefficient (Wildman–Crippen LogP) is 4.93. The van der Waals surface area contributed by atoms with Crippen LogP contribution in [0.4, 0.5) is 4.39 Å². The van der Waals surface area contributed by atoms with Crippen LogP contribution in [0, 0.1) is 12.8 Å². The number of likely N-dealkylation sites (tertiary alicyclic amines) is 1. The maximum Gasteiger partial charge on any atom is 0.273 e. The minimum atomic E-state index is -3.66. The molecule has 9 heteroatoms. The molecule has 1 N–H and O–H groups in total. The first kappa shape index (κ1) is 14.9. The molecular formula is C29H31FN6O2. The van der Waals surface area contributed by atoms with Gasteiger partial charge in [0.05, 0.1) is 23.8 Å². The lowest BCUT2D eigenvalue weighted by Gasteiger charge is -2.45. The van der Waals surface area contributed by atoms with Gasteiger partial charge in [-0.15, -0.1) is 0 Å². The average molecular weight is 526 g/mol. The summed E-state index contributed by atoms with van der Waals surface area (Å²) in [7, 11) is 0. The number of nitrogens with zero attached hydrogens (tertiary/aromatic N) is 5. The van der Waals surface area contributed by atoms with Crippen molar-refractivity contribution in [3.05, 3.63) is 69.9 Å². The maximum atomic E-state index is 14.0. The van der Waals surface area contributed by atoms with Gasteiger partial charge in [0.25, 0.3) is 11.5 Å². The summed E-state index contributed by atoms with van der Waals surface area (Å²) in [6.07, 6.45) is -15.2. The molecule has 2 aliphatic rings. The molecule has 38 heavy (non-hydrogen) atoms. The van der Waals surface area contributed by atoms with Crippen LogP contribution in [0.1, 0.15) is 81.4 Å². The maximum absolute atomic E-state index is 14.0. The summed E-state index contributed by atoms with van der Waals surface area (Å²) >= 11 is 0. The Labute approximate surface area is 235 Å². The van der Waals surface area contributed by atoms with E-state index in [4.69, 9.17) is 15.1 Å². The van der Waals surface area contributed by atoms with Gasteiger partial charge in [-0.25, -0.2) is 9.50 Å². The van der Waals surface area contributed by atoms with Crippen LogP contribution in [-0.4, -0.2) is 54.6 Å². The van der Waals surface area contributed by atoms with Gasteiger partial charge in [-0.2, -0.15) is 0 Å². The lowest BCUT2D eigenvalue weighted by atomic mass is 9.84. The van der Waals surface area contributed by atoms with E-state index in [2.05, 4.69) is 20.1 Å². The number of hydrogen-bond acceptors (Lipinski definition) is 5. The second-order valence-corrected chi connectivity index (χ2v) is 9.18. The minimum absolute atomic E-state index is 0.0148. The van der Waals surface area contributed by atoms with Crippen molar-refractivity contribution in [1.29, 1.82) is 0 Å². The van der Waals surface area contributed by atoms with Gasteiger partial charge in [0.2, 0.25) is 0 Å². The first-order valence-electron chi connectivity index (χ1n) is 17.5. The molecule has 196 valence electrons. The van der Waals surface area contributed by atoms with Crippen LogP contribution >= 0.6 is 0 Å². The highest BCUT2D eigenvalue weighted by Gasteiger charge is 2.41. The molecule has 0 bridgehead atoms. The lowest BCUT2D eigenvalue weighted by Crippen LogP contribution is -2.58. The number of hydrogen-bond donors (Lipinski definition) is 1. The van der Waals surface area contributed by atoms with Gasteiger partial charge < -0.3 is 4.90 Å². The zero-order valence-corrected chi connectivity index (χ0v) is 20.5. The molecule has 1 aliphatic carbocycles. The van der Waals surface area contributed by atoms with Crippen molar-refractivity contribution < 1.29 is 24.3 Å². The Morgan fingerprint density at radius 1 is 1.18 bits per heavy atom. The molecule has 8 nitrogen and oxygen atoms in total. The molecular weight excluding hydrogens is 483 g/mol. The van der Waals surface area contributed by atoms with Crippen LogP contribution in [0.25, 0.3) is 28.3 Å². The Bertz CT molecular complexity index is 2020. The fourth-order valence-electron chi connectivity index (χ4n) is 4.69. The van der Waals surface area contributed by atoms with Crippen molar-refractivity contribution in [3.8, 4) is 22.6 Å². The summed E-state index contributed by atoms with van der Waals surface area (Å²) in [5.41, 5.74) is -0.160. The third-order valence-corrected chi connectivity index (χ3v) is 6.98. The van der Waals surface area contributed by atoms with Gasteiger partial charge >= 0.3 is 0 Å². The average Bonchev–Trinajstić information content (AvgIpc) is 3.43. The molecule has 1 amide bonds. The number of rotatable bonds is 5. The number of nitrogens with one attached hydrogen (secondary N) is 1. The van der Waals surface area contributed by atoms with E-state index in [1.165, 1.54) is 29.4 Å². The van der Waals surface area contributed by atoms with Crippen LogP contribution in [0.5, 0.6) is 0 Å². The monoisotopic (exact) mass is 525 g/mol. The van der Waals surface area contributed by atoms with E-state index in [9.17, 15) is 14.0 Å². The summed E-state index contributed by atoms with van der Waals surface area (Å²) in [4.78, 5) is 42.0. The number of fused-ring (bicyclic) bond motifs is 1. The molecule has 4 heterocycles. The third kappa shape index (κ3) is 4.10. The molecule has 0 spiro atoms. The van der Waals surface area contributed by atoms with Gasteiger partial charge in [-0.1, -0.05) is 43.4 Å². The molecule has 2 atom stereocenters. The molecule has 1 aromatic carbocycles. The van der Waals surface area contributed by atoms with Crippen LogP contribution in [0.2, 0.25) is 0 Å². The first-order valence-corrected chi connectivity index (χ1v) is 12.0. The van der Waals surface area contributed by atoms with Crippen molar-refractivity contribution in [2.75, 3.05) is 13.2 Å². The van der Waals surface area contributed by atoms with E-state index in [-0.39, 0.29) is 46.3 Å². The second-order valence-electron chi connectivity index (χ2n) is 9.18. The molecule has 1 saturated heterocycles. The van der Waals surface area contributed by atoms with Crippen molar-refractivity contribution in [1.82, 2.24) is 29.5 Å². The Balaban J connectivity index is 1.50. The zero-order valence-electron chi connectivity index (χ0n) is 31.5. The van der Waals surface area contributed by atoms with Gasteiger partial charge in [0.1, 0.15) is 11.3 Å². The number of aromatic nitrogens is 5. The van der Waals surface area contributed by atoms with Gasteiger partial charge in [0, 0.05) is 57.6 Å². The Morgan fingerprint density at radius 2 is 1.92 bits per heavy atom. The highest BCUT2D eigenvalue weighted by Crippen LogP contribution is 2.35. The molecule has 0 radical (unpaired) electrons. The highest BCUT2D eigenvalue weighted by atomic mass is 19.1. The van der Waals surface area contributed by atoms with E-state index in [1.807, 2.05) is 0 Å². The van der Waals surface area contributed by atoms with Crippen LogP contribution < -0.4 is 5.56 Å². The van der Waals surface area contributed by atoms with Gasteiger partial charge in [-0.3, -0.25) is 29.0 Å². The molecule has 6 rings (SSSR count). The summed E-state index contributed by atoms with van der Waals surface area (Å²) < 4.78 is 107. The molecule has 3 aromatic heterocycles. The number of amides is 1. The van der Waals surface area contributed by atoms with E-state index >= 15 is 0 Å². The molecule has 1 saturated carbocycles. The van der Waals surface area contributed by atoms with Crippen molar-refractivity contribution in [2.24, 2.45) is 5.92 Å². The minimum Gasteiger partial charge on any atom is -0.335 e. The van der Waals surface area contributed by atoms with Crippen molar-refractivity contribution >= 4 is 11.6 Å². The number of carbonyl (C=O) groups excluding carboxylic acids is 1. The number of halogens is 1. The van der Waals surface area contributed by atoms with E-state index < -0.39 is 67.5 Å². The van der Waals surface area contributed by atoms with Crippen molar-refractivity contribution in [3.63, 3.8) is 0 Å². The standard InChI is InChI=1S/C29H31FN6O2/c1-17-26(32-13-12-31-17)27-25(29(38)35-16-22(15-30)18(35)2)28-33-23(14-24(37)36(28)34-27)21-10-8-20(9-11-21)19-6-4-3-5-7-19/h8-14,18-19,22,34H,3-7,15-16H2,1-2H3/t18-,22-/m0/s1/i3D2,4D2,5D2,6D2,7D2,19D. The quantitative estimate of drug-likeness (QED) is 0.398. The van der Waals surface area contributed by atoms with Crippen molar-refractivity contribution in [2.45, 2.75) is 57.6 Å². The van der Waals surface area contributed by atoms with Gasteiger partial charge in [-0.05, 0) is 38.1 Å². The summed E-state index contributed by atoms with van der Waals surface area (Å²) in [6, 6.07) is 5.37. The molecule has 0 unspecified atom stereocenters. The fourth-order valence-corrected chi connectivity index (χ4v) is 4.69. The highest BCUT2D eigenvalue weighted by molar-refractivity contribution is 6.06. The Morgan fingerprint density at radius 3 is 2.61 bits per heavy atom. The third-order valence-electron chi connectivity index (χ3n) is 6.98. The topological polar surface area (TPSA) is 96.2 Å². The largest absolute Gasteiger partial charge is 0.335 e. The lowest BCUT2D eigenvalue weighted by molar-refractivity contribution is 0.0142. The summed E-state index contributed by atoms with van der Waals surface area (Å²) in [5, 5.41) is 2.90. The van der Waals surface area contributed by atoms with Crippen LogP contribution in [0.3, 0.4) is 0 Å². The Hall–Kier alpha value is -3.88. The smallest absolute Gasteiger partial charge is 0.273 e. The Kier molecular flexibility index (Phi) is 3.83. The predicted molar refractivity (Wildman–Crippen MR) is 143 cm³/mol. The van der Waals surface area contributed by atoms with Gasteiger partial charge in [0.15, 0.2) is 5.65 Å². The zero-order chi connectivity index (χ0) is 36.3. The second kappa shape index (κ2) is 9.78. The number of alkyl halides is 1. The number of benzene rings is 1. The number of aryl methyl sites for hydroxylation is 1. The normalized spacial score (nSPS) is 31.8. The fraction of sp³-hybridized carbons (Fsp3) is 0.414. The number of H-pyrrole nitrogens is 1. The van der Waals surface area contributed by atoms with E-state index in [0.29, 0.717) is 5.69 Å².